The summed E-state index contributed by atoms with van der Waals surface area (Å²) in [5.41, 5.74) is 0.911. The molecule has 1 atom stereocenters. The van der Waals surface area contributed by atoms with Crippen molar-refractivity contribution in [2.75, 3.05) is 5.32 Å². The Morgan fingerprint density at radius 1 is 1.30 bits per heavy atom. The molecular weight excluding hydrogens is 365 g/mol. The number of hydrogen-bond donors (Lipinski definition) is 1. The van der Waals surface area contributed by atoms with E-state index in [1.54, 1.807) is 31.2 Å². The summed E-state index contributed by atoms with van der Waals surface area (Å²) in [5.74, 6) is -0.636. The van der Waals surface area contributed by atoms with Crippen LogP contribution in [0.3, 0.4) is 0 Å². The van der Waals surface area contributed by atoms with Crippen LogP contribution in [0.5, 0.6) is 0 Å². The van der Waals surface area contributed by atoms with Crippen molar-refractivity contribution in [3.8, 4) is 0 Å². The van der Waals surface area contributed by atoms with E-state index >= 15 is 0 Å². The zero-order valence-electron chi connectivity index (χ0n) is 14.7. The van der Waals surface area contributed by atoms with Crippen LogP contribution in [0.2, 0.25) is 0 Å². The number of thioether (sulfide) groups is 1. The van der Waals surface area contributed by atoms with E-state index in [1.165, 1.54) is 40.6 Å². The summed E-state index contributed by atoms with van der Waals surface area (Å²) in [6, 6.07) is 12.6. The van der Waals surface area contributed by atoms with Crippen LogP contribution in [0.4, 0.5) is 10.1 Å². The molecule has 1 heterocycles. The van der Waals surface area contributed by atoms with Crippen LogP contribution in [0.25, 0.3) is 10.9 Å². The highest BCUT2D eigenvalue weighted by molar-refractivity contribution is 8.00. The van der Waals surface area contributed by atoms with E-state index in [4.69, 9.17) is 0 Å². The van der Waals surface area contributed by atoms with Gasteiger partial charge >= 0.3 is 0 Å². The second kappa shape index (κ2) is 8.18. The van der Waals surface area contributed by atoms with Gasteiger partial charge in [-0.1, -0.05) is 30.0 Å². The molecule has 0 aliphatic carbocycles. The number of halogens is 1. The minimum atomic E-state index is -0.515. The quantitative estimate of drug-likeness (QED) is 0.399. The molecule has 0 saturated heterocycles. The minimum absolute atomic E-state index is 0.172. The summed E-state index contributed by atoms with van der Waals surface area (Å²) < 4.78 is 14.5. The molecule has 0 bridgehead atoms. The molecule has 1 aromatic heterocycles. The lowest BCUT2D eigenvalue weighted by Crippen LogP contribution is -2.26. The fraction of sp³-hybridized carbons (Fsp3) is 0.150. The summed E-state index contributed by atoms with van der Waals surface area (Å²) in [5, 5.41) is 3.18. The molecule has 7 heteroatoms. The van der Waals surface area contributed by atoms with Gasteiger partial charge in [0.25, 0.3) is 5.56 Å². The topological polar surface area (TPSA) is 64.0 Å². The third kappa shape index (κ3) is 4.25. The number of aromatic nitrogens is 2. The number of allylic oxidation sites excluding steroid dienone is 1. The normalized spacial score (nSPS) is 11.9. The predicted octanol–water partition coefficient (Wildman–Crippen LogP) is 3.84. The number of carbonyl (C=O) groups excluding carboxylic acids is 1. The maximum Gasteiger partial charge on any atom is 0.262 e. The van der Waals surface area contributed by atoms with Crippen LogP contribution in [0.15, 0.2) is 71.1 Å². The molecule has 1 N–H and O–H groups in total. The van der Waals surface area contributed by atoms with Crippen LogP contribution in [0.1, 0.15) is 6.92 Å². The van der Waals surface area contributed by atoms with Gasteiger partial charge in [0.15, 0.2) is 5.16 Å². The molecule has 2 aromatic carbocycles. The standard InChI is InChI=1S/C20H18FN3O2S/c1-3-12-24-19(26)16-6-4-5-7-17(16)23-20(24)27-13(2)18(25)22-15-10-8-14(21)9-11-15/h3-11,13H,1,12H2,2H3,(H,22,25)/t13-/m0/s1. The first-order valence-corrected chi connectivity index (χ1v) is 9.21. The van der Waals surface area contributed by atoms with Crippen LogP contribution >= 0.6 is 11.8 Å². The van der Waals surface area contributed by atoms with Crippen LogP contribution in [-0.2, 0) is 11.3 Å². The van der Waals surface area contributed by atoms with Gasteiger partial charge in [0.1, 0.15) is 5.82 Å². The Bertz CT molecular complexity index is 1050. The fourth-order valence-corrected chi connectivity index (χ4v) is 3.43. The Morgan fingerprint density at radius 2 is 2.00 bits per heavy atom. The van der Waals surface area contributed by atoms with Gasteiger partial charge in [-0.15, -0.1) is 6.58 Å². The maximum atomic E-state index is 13.0. The molecule has 138 valence electrons. The van der Waals surface area contributed by atoms with Gasteiger partial charge in [-0.05, 0) is 43.3 Å². The summed E-state index contributed by atoms with van der Waals surface area (Å²) in [6.45, 7) is 5.71. The van der Waals surface area contributed by atoms with E-state index in [1.807, 2.05) is 6.07 Å². The third-order valence-electron chi connectivity index (χ3n) is 3.90. The second-order valence-electron chi connectivity index (χ2n) is 5.87. The number of nitrogens with zero attached hydrogens (tertiary/aromatic N) is 2. The zero-order chi connectivity index (χ0) is 19.4. The number of fused-ring (bicyclic) bond motifs is 1. The molecule has 3 rings (SSSR count). The van der Waals surface area contributed by atoms with Gasteiger partial charge < -0.3 is 5.32 Å². The number of benzene rings is 2. The number of anilines is 1. The zero-order valence-corrected chi connectivity index (χ0v) is 15.5. The van der Waals surface area contributed by atoms with E-state index in [-0.39, 0.29) is 17.3 Å². The van der Waals surface area contributed by atoms with Crippen molar-refractivity contribution in [1.29, 1.82) is 0 Å². The van der Waals surface area contributed by atoms with Gasteiger partial charge in [0.05, 0.1) is 16.2 Å². The smallest absolute Gasteiger partial charge is 0.262 e. The van der Waals surface area contributed by atoms with Crippen molar-refractivity contribution in [3.63, 3.8) is 0 Å². The van der Waals surface area contributed by atoms with Crippen molar-refractivity contribution in [2.45, 2.75) is 23.9 Å². The number of carbonyl (C=O) groups is 1. The van der Waals surface area contributed by atoms with E-state index in [0.29, 0.717) is 28.3 Å². The van der Waals surface area contributed by atoms with Crippen molar-refractivity contribution >= 4 is 34.3 Å². The molecule has 0 aliphatic heterocycles. The number of hydrogen-bond acceptors (Lipinski definition) is 4. The Labute approximate surface area is 159 Å². The Hall–Kier alpha value is -2.93. The van der Waals surface area contributed by atoms with Gasteiger partial charge in [0, 0.05) is 12.2 Å². The largest absolute Gasteiger partial charge is 0.325 e. The third-order valence-corrected chi connectivity index (χ3v) is 4.99. The molecule has 0 spiro atoms. The first-order valence-electron chi connectivity index (χ1n) is 8.33. The summed E-state index contributed by atoms with van der Waals surface area (Å²) in [4.78, 5) is 29.7. The Balaban J connectivity index is 1.87. The number of nitrogens with one attached hydrogen (secondary N) is 1. The molecular formula is C20H18FN3O2S. The van der Waals surface area contributed by atoms with Crippen LogP contribution in [0, 0.1) is 5.82 Å². The first-order chi connectivity index (χ1) is 13.0. The molecule has 5 nitrogen and oxygen atoms in total. The molecule has 0 fully saturated rings. The molecule has 1 amide bonds. The molecule has 0 unspecified atom stereocenters. The Morgan fingerprint density at radius 3 is 2.70 bits per heavy atom. The van der Waals surface area contributed by atoms with Crippen LogP contribution in [-0.4, -0.2) is 20.7 Å². The van der Waals surface area contributed by atoms with E-state index in [2.05, 4.69) is 16.9 Å². The van der Waals surface area contributed by atoms with Crippen LogP contribution < -0.4 is 10.9 Å². The molecule has 0 aliphatic rings. The van der Waals surface area contributed by atoms with Crippen molar-refractivity contribution < 1.29 is 9.18 Å². The lowest BCUT2D eigenvalue weighted by Gasteiger charge is -2.15. The monoisotopic (exact) mass is 383 g/mol. The minimum Gasteiger partial charge on any atom is -0.325 e. The summed E-state index contributed by atoms with van der Waals surface area (Å²) >= 11 is 1.19. The highest BCUT2D eigenvalue weighted by atomic mass is 32.2. The molecule has 27 heavy (non-hydrogen) atoms. The lowest BCUT2D eigenvalue weighted by molar-refractivity contribution is -0.115. The molecule has 0 radical (unpaired) electrons. The molecule has 0 saturated carbocycles. The average Bonchev–Trinajstić information content (AvgIpc) is 2.66. The number of amides is 1. The first kappa shape index (κ1) is 18.8. The van der Waals surface area contributed by atoms with Gasteiger partial charge in [0.2, 0.25) is 5.91 Å². The van der Waals surface area contributed by atoms with Gasteiger partial charge in [-0.25, -0.2) is 9.37 Å². The fourth-order valence-electron chi connectivity index (χ4n) is 2.52. The van der Waals surface area contributed by atoms with Gasteiger partial charge in [-0.3, -0.25) is 14.2 Å². The highest BCUT2D eigenvalue weighted by Gasteiger charge is 2.19. The molecule has 3 aromatic rings. The van der Waals surface area contributed by atoms with E-state index < -0.39 is 5.25 Å². The van der Waals surface area contributed by atoms with Crippen molar-refractivity contribution in [2.24, 2.45) is 0 Å². The van der Waals surface area contributed by atoms with E-state index in [9.17, 15) is 14.0 Å². The number of rotatable bonds is 6. The SMILES string of the molecule is C=CCn1c(S[C@@H](C)C(=O)Nc2ccc(F)cc2)nc2ccccc2c1=O. The van der Waals surface area contributed by atoms with E-state index in [0.717, 1.165) is 0 Å². The Kier molecular flexibility index (Phi) is 5.71. The lowest BCUT2D eigenvalue weighted by atomic mass is 10.2. The second-order valence-corrected chi connectivity index (χ2v) is 7.18. The highest BCUT2D eigenvalue weighted by Crippen LogP contribution is 2.23. The van der Waals surface area contributed by atoms with Crippen molar-refractivity contribution in [3.05, 3.63) is 77.4 Å². The predicted molar refractivity (Wildman–Crippen MR) is 107 cm³/mol. The average molecular weight is 383 g/mol. The van der Waals surface area contributed by atoms with Crippen molar-refractivity contribution in [1.82, 2.24) is 9.55 Å². The summed E-state index contributed by atoms with van der Waals surface area (Å²) in [6.07, 6.45) is 1.62. The van der Waals surface area contributed by atoms with Gasteiger partial charge in [-0.2, -0.15) is 0 Å². The number of para-hydroxylation sites is 1. The summed E-state index contributed by atoms with van der Waals surface area (Å²) in [7, 11) is 0. The maximum absolute atomic E-state index is 13.0.